The SMILES string of the molecule is CCCCN1C(=O)COc2ccc(NC(=O)c3ccc(Cl)c(Cl)c3)cc21. The number of benzene rings is 2. The maximum Gasteiger partial charge on any atom is 0.265 e. The van der Waals surface area contributed by atoms with Gasteiger partial charge in [-0.15, -0.1) is 0 Å². The average molecular weight is 393 g/mol. The molecule has 5 nitrogen and oxygen atoms in total. The number of nitrogens with one attached hydrogen (secondary N) is 1. The van der Waals surface area contributed by atoms with Gasteiger partial charge in [0.25, 0.3) is 11.8 Å². The van der Waals surface area contributed by atoms with E-state index in [1.54, 1.807) is 35.2 Å². The molecular weight excluding hydrogens is 375 g/mol. The molecule has 0 saturated carbocycles. The molecule has 0 bridgehead atoms. The Morgan fingerprint density at radius 3 is 2.73 bits per heavy atom. The van der Waals surface area contributed by atoms with Crippen molar-refractivity contribution in [1.82, 2.24) is 0 Å². The van der Waals surface area contributed by atoms with Crippen LogP contribution >= 0.6 is 23.2 Å². The van der Waals surface area contributed by atoms with Crippen LogP contribution in [-0.4, -0.2) is 25.0 Å². The van der Waals surface area contributed by atoms with Gasteiger partial charge in [-0.05, 0) is 42.8 Å². The van der Waals surface area contributed by atoms with Gasteiger partial charge in [0.05, 0.1) is 15.7 Å². The van der Waals surface area contributed by atoms with Crippen LogP contribution in [0.5, 0.6) is 5.75 Å². The molecule has 136 valence electrons. The lowest BCUT2D eigenvalue weighted by Crippen LogP contribution is -2.39. The van der Waals surface area contributed by atoms with Crippen LogP contribution in [0.15, 0.2) is 36.4 Å². The summed E-state index contributed by atoms with van der Waals surface area (Å²) in [6.45, 7) is 2.72. The van der Waals surface area contributed by atoms with Gasteiger partial charge in [0.1, 0.15) is 5.75 Å². The molecule has 0 spiro atoms. The number of rotatable bonds is 5. The molecule has 1 heterocycles. The second-order valence-electron chi connectivity index (χ2n) is 5.95. The monoisotopic (exact) mass is 392 g/mol. The second kappa shape index (κ2) is 7.98. The van der Waals surface area contributed by atoms with E-state index in [0.717, 1.165) is 12.8 Å². The first-order valence-corrected chi connectivity index (χ1v) is 9.09. The maximum absolute atomic E-state index is 12.4. The molecule has 0 unspecified atom stereocenters. The van der Waals surface area contributed by atoms with Crippen LogP contribution in [0.4, 0.5) is 11.4 Å². The number of unbranched alkanes of at least 4 members (excludes halogenated alkanes) is 1. The highest BCUT2D eigenvalue weighted by Crippen LogP contribution is 2.35. The van der Waals surface area contributed by atoms with E-state index >= 15 is 0 Å². The van der Waals surface area contributed by atoms with Gasteiger partial charge in [-0.25, -0.2) is 0 Å². The lowest BCUT2D eigenvalue weighted by Gasteiger charge is -2.29. The van der Waals surface area contributed by atoms with Gasteiger partial charge in [0.15, 0.2) is 6.61 Å². The van der Waals surface area contributed by atoms with Crippen molar-refractivity contribution in [1.29, 1.82) is 0 Å². The van der Waals surface area contributed by atoms with Crippen LogP contribution in [0, 0.1) is 0 Å². The predicted octanol–water partition coefficient (Wildman–Crippen LogP) is 4.77. The van der Waals surface area contributed by atoms with E-state index < -0.39 is 0 Å². The first-order chi connectivity index (χ1) is 12.5. The van der Waals surface area contributed by atoms with Crippen LogP contribution in [0.3, 0.4) is 0 Å². The summed E-state index contributed by atoms with van der Waals surface area (Å²) in [6, 6.07) is 9.93. The Bertz CT molecular complexity index is 855. The zero-order valence-corrected chi connectivity index (χ0v) is 15.7. The Balaban J connectivity index is 1.83. The van der Waals surface area contributed by atoms with Crippen LogP contribution in [0.2, 0.25) is 10.0 Å². The molecule has 7 heteroatoms. The summed E-state index contributed by atoms with van der Waals surface area (Å²) < 4.78 is 5.48. The van der Waals surface area contributed by atoms with Crippen LogP contribution < -0.4 is 15.0 Å². The average Bonchev–Trinajstić information content (AvgIpc) is 2.63. The third-order valence-corrected chi connectivity index (χ3v) is 4.82. The number of anilines is 2. The van der Waals surface area contributed by atoms with Crippen molar-refractivity contribution >= 4 is 46.4 Å². The summed E-state index contributed by atoms with van der Waals surface area (Å²) in [4.78, 5) is 26.3. The fraction of sp³-hybridized carbons (Fsp3) is 0.263. The van der Waals surface area contributed by atoms with Gasteiger partial charge in [0.2, 0.25) is 0 Å². The van der Waals surface area contributed by atoms with E-state index in [0.29, 0.717) is 39.3 Å². The number of halogens is 2. The Kier molecular flexibility index (Phi) is 5.69. The number of amides is 2. The van der Waals surface area contributed by atoms with Crippen molar-refractivity contribution in [2.24, 2.45) is 0 Å². The zero-order chi connectivity index (χ0) is 18.7. The molecule has 3 rings (SSSR count). The number of carbonyl (C=O) groups is 2. The molecule has 0 aliphatic carbocycles. The lowest BCUT2D eigenvalue weighted by atomic mass is 10.1. The summed E-state index contributed by atoms with van der Waals surface area (Å²) in [6.07, 6.45) is 1.87. The van der Waals surface area contributed by atoms with Gasteiger partial charge >= 0.3 is 0 Å². The summed E-state index contributed by atoms with van der Waals surface area (Å²) in [5, 5.41) is 3.51. The summed E-state index contributed by atoms with van der Waals surface area (Å²) in [7, 11) is 0. The van der Waals surface area contributed by atoms with E-state index in [-0.39, 0.29) is 18.4 Å². The van der Waals surface area contributed by atoms with Crippen molar-refractivity contribution in [2.45, 2.75) is 19.8 Å². The van der Waals surface area contributed by atoms with E-state index in [2.05, 4.69) is 12.2 Å². The molecule has 2 aromatic carbocycles. The fourth-order valence-electron chi connectivity index (χ4n) is 2.68. The van der Waals surface area contributed by atoms with E-state index in [1.807, 2.05) is 0 Å². The van der Waals surface area contributed by atoms with E-state index in [4.69, 9.17) is 27.9 Å². The number of fused-ring (bicyclic) bond motifs is 1. The molecule has 2 aromatic rings. The summed E-state index contributed by atoms with van der Waals surface area (Å²) in [5.74, 6) is 0.235. The summed E-state index contributed by atoms with van der Waals surface area (Å²) in [5.41, 5.74) is 1.63. The number of ether oxygens (including phenoxy) is 1. The number of hydrogen-bond donors (Lipinski definition) is 1. The van der Waals surface area contributed by atoms with Gasteiger partial charge in [-0.2, -0.15) is 0 Å². The molecule has 1 N–H and O–H groups in total. The Labute approximate surface area is 161 Å². The fourth-order valence-corrected chi connectivity index (χ4v) is 2.98. The number of hydrogen-bond acceptors (Lipinski definition) is 3. The third kappa shape index (κ3) is 3.94. The molecule has 0 saturated heterocycles. The lowest BCUT2D eigenvalue weighted by molar-refractivity contribution is -0.121. The minimum absolute atomic E-state index is 0.0334. The molecule has 1 aliphatic rings. The standard InChI is InChI=1S/C19H18Cl2N2O3/c1-2-3-8-23-16-10-13(5-7-17(16)26-11-18(23)24)22-19(25)12-4-6-14(20)15(21)9-12/h4-7,9-10H,2-3,8,11H2,1H3,(H,22,25). The minimum atomic E-state index is -0.313. The molecule has 26 heavy (non-hydrogen) atoms. The van der Waals surface area contributed by atoms with Gasteiger partial charge in [-0.3, -0.25) is 9.59 Å². The number of nitrogens with zero attached hydrogens (tertiary/aromatic N) is 1. The molecule has 0 atom stereocenters. The molecule has 0 fully saturated rings. The predicted molar refractivity (Wildman–Crippen MR) is 104 cm³/mol. The molecule has 1 aliphatic heterocycles. The van der Waals surface area contributed by atoms with Crippen molar-refractivity contribution in [3.8, 4) is 5.75 Å². The summed E-state index contributed by atoms with van der Waals surface area (Å²) >= 11 is 11.8. The first kappa shape index (κ1) is 18.5. The van der Waals surface area contributed by atoms with Crippen LogP contribution in [-0.2, 0) is 4.79 Å². The Hall–Kier alpha value is -2.24. The molecule has 2 amide bonds. The van der Waals surface area contributed by atoms with Gasteiger partial charge in [-0.1, -0.05) is 36.5 Å². The van der Waals surface area contributed by atoms with Crippen molar-refractivity contribution in [2.75, 3.05) is 23.4 Å². The smallest absolute Gasteiger partial charge is 0.265 e. The zero-order valence-electron chi connectivity index (χ0n) is 14.2. The van der Waals surface area contributed by atoms with Crippen LogP contribution in [0.25, 0.3) is 0 Å². The van der Waals surface area contributed by atoms with Gasteiger partial charge < -0.3 is 15.0 Å². The van der Waals surface area contributed by atoms with E-state index in [1.165, 1.54) is 6.07 Å². The quantitative estimate of drug-likeness (QED) is 0.796. The van der Waals surface area contributed by atoms with Gasteiger partial charge in [0, 0.05) is 17.8 Å². The third-order valence-electron chi connectivity index (χ3n) is 4.08. The Morgan fingerprint density at radius 1 is 1.19 bits per heavy atom. The topological polar surface area (TPSA) is 58.6 Å². The van der Waals surface area contributed by atoms with Crippen molar-refractivity contribution in [3.05, 3.63) is 52.0 Å². The highest BCUT2D eigenvalue weighted by atomic mass is 35.5. The maximum atomic E-state index is 12.4. The first-order valence-electron chi connectivity index (χ1n) is 8.33. The number of carbonyl (C=O) groups excluding carboxylic acids is 2. The second-order valence-corrected chi connectivity index (χ2v) is 6.77. The largest absolute Gasteiger partial charge is 0.482 e. The van der Waals surface area contributed by atoms with Crippen LogP contribution in [0.1, 0.15) is 30.1 Å². The van der Waals surface area contributed by atoms with Crippen molar-refractivity contribution in [3.63, 3.8) is 0 Å². The molecule has 0 radical (unpaired) electrons. The minimum Gasteiger partial charge on any atom is -0.482 e. The molecule has 0 aromatic heterocycles. The Morgan fingerprint density at radius 2 is 2.00 bits per heavy atom. The molecular formula is C19H18Cl2N2O3. The highest BCUT2D eigenvalue weighted by molar-refractivity contribution is 6.42. The van der Waals surface area contributed by atoms with Crippen molar-refractivity contribution < 1.29 is 14.3 Å². The van der Waals surface area contributed by atoms with E-state index in [9.17, 15) is 9.59 Å². The highest BCUT2D eigenvalue weighted by Gasteiger charge is 2.25. The normalized spacial score (nSPS) is 13.2.